The van der Waals surface area contributed by atoms with E-state index in [-0.39, 0.29) is 23.5 Å². The van der Waals surface area contributed by atoms with Crippen LogP contribution in [0, 0.1) is 0 Å². The number of aromatic amines is 1. The molecule has 1 saturated heterocycles. The third-order valence-corrected chi connectivity index (χ3v) is 12.0. The molecule has 1 aliphatic rings. The highest BCUT2D eigenvalue weighted by Crippen LogP contribution is 2.79. The number of anilines is 1. The highest BCUT2D eigenvalue weighted by Gasteiger charge is 2.62. The van der Waals surface area contributed by atoms with Gasteiger partial charge in [-0.25, -0.2) is 13.9 Å². The number of aliphatic hydroxyl groups excluding tert-OH is 1. The third-order valence-electron chi connectivity index (χ3n) is 4.27. The smallest absolute Gasteiger partial charge is 0.390 e. The average molecular weight is 574 g/mol. The van der Waals surface area contributed by atoms with Crippen LogP contribution in [0.3, 0.4) is 0 Å². The monoisotopic (exact) mass is 573 g/mol. The van der Waals surface area contributed by atoms with Crippen LogP contribution in [0.4, 0.5) is 5.95 Å². The van der Waals surface area contributed by atoms with E-state index in [1.807, 2.05) is 0 Å². The fraction of sp³-hybridized carbons (Fsp3) is 0.545. The molecule has 8 N–H and O–H groups in total. The number of nitrogens with zero attached hydrogens (tertiary/aromatic N) is 3. The molecular formula is C11H16Cl2N5O12P3. The number of alkyl halides is 2. The van der Waals surface area contributed by atoms with Gasteiger partial charge in [0.15, 0.2) is 11.2 Å². The molecule has 0 aromatic carbocycles. The summed E-state index contributed by atoms with van der Waals surface area (Å²) in [6.45, 7) is -0.887. The van der Waals surface area contributed by atoms with Crippen molar-refractivity contribution in [3.05, 3.63) is 16.7 Å². The first kappa shape index (κ1) is 26.7. The second-order valence-corrected chi connectivity index (χ2v) is 14.7. The Bertz CT molecular complexity index is 1260. The van der Waals surface area contributed by atoms with Crippen LogP contribution < -0.4 is 11.3 Å². The van der Waals surface area contributed by atoms with Gasteiger partial charge in [-0.05, 0) is 0 Å². The molecule has 186 valence electrons. The van der Waals surface area contributed by atoms with E-state index in [0.29, 0.717) is 0 Å². The van der Waals surface area contributed by atoms with Crippen molar-refractivity contribution in [3.8, 4) is 0 Å². The molecule has 5 atom stereocenters. The van der Waals surface area contributed by atoms with Gasteiger partial charge in [0.1, 0.15) is 12.3 Å². The van der Waals surface area contributed by atoms with Crippen LogP contribution in [-0.4, -0.2) is 66.8 Å². The van der Waals surface area contributed by atoms with Gasteiger partial charge in [0.2, 0.25) is 5.95 Å². The van der Waals surface area contributed by atoms with E-state index < -0.39 is 57.4 Å². The predicted octanol–water partition coefficient (Wildman–Crippen LogP) is -0.0642. The molecule has 33 heavy (non-hydrogen) atoms. The number of phosphoric acid groups is 1. The van der Waals surface area contributed by atoms with E-state index in [0.717, 1.165) is 0 Å². The normalized spacial score (nSPS) is 25.7. The van der Waals surface area contributed by atoms with Crippen LogP contribution in [0.2, 0.25) is 0 Å². The van der Waals surface area contributed by atoms with Gasteiger partial charge >= 0.3 is 26.8 Å². The summed E-state index contributed by atoms with van der Waals surface area (Å²) < 4.78 is 46.6. The standard InChI is InChI=1S/C11H16Cl2N5O12P3/c12-11(13,31(21,22)23)32(24,25)30-33(26,27)28-2-5-4(19)1-6(29-5)18-3-15-7-8(18)16-10(14)17-9(7)20/h3-6,19H,1-2H2,(H,24,25)(H,26,27)(H2,21,22,23)(H3,14,16,17,20)/t4-,5+,6+/m0/s1. The Balaban J connectivity index is 1.70. The summed E-state index contributed by atoms with van der Waals surface area (Å²) >= 11 is 10.3. The molecule has 0 spiro atoms. The Hall–Kier alpha value is -0.900. The maximum Gasteiger partial charge on any atom is 0.479 e. The van der Waals surface area contributed by atoms with Gasteiger partial charge in [0, 0.05) is 6.42 Å². The van der Waals surface area contributed by atoms with Crippen LogP contribution in [-0.2, 0) is 27.3 Å². The second-order valence-electron chi connectivity index (χ2n) is 6.63. The molecule has 3 heterocycles. The van der Waals surface area contributed by atoms with Crippen molar-refractivity contribution < 1.29 is 51.9 Å². The lowest BCUT2D eigenvalue weighted by molar-refractivity contribution is -0.0421. The van der Waals surface area contributed by atoms with Crippen LogP contribution in [0.5, 0.6) is 0 Å². The van der Waals surface area contributed by atoms with Gasteiger partial charge in [-0.1, -0.05) is 23.2 Å². The summed E-state index contributed by atoms with van der Waals surface area (Å²) in [5.41, 5.74) is 4.86. The average Bonchev–Trinajstić information content (AvgIpc) is 3.21. The number of imidazole rings is 1. The number of hydrogen-bond donors (Lipinski definition) is 7. The number of hydrogen-bond acceptors (Lipinski definition) is 11. The number of nitrogens with two attached hydrogens (primary N) is 1. The van der Waals surface area contributed by atoms with Crippen molar-refractivity contribution in [3.63, 3.8) is 0 Å². The van der Waals surface area contributed by atoms with Gasteiger partial charge in [0.25, 0.3) is 5.56 Å². The molecular weight excluding hydrogens is 558 g/mol. The molecule has 1 aliphatic heterocycles. The fourth-order valence-corrected chi connectivity index (χ4v) is 6.97. The Morgan fingerprint density at radius 3 is 2.55 bits per heavy atom. The van der Waals surface area contributed by atoms with Gasteiger partial charge in [0.05, 0.1) is 19.0 Å². The number of phosphoric ester groups is 1. The number of nitrogen functional groups attached to an aromatic ring is 1. The Morgan fingerprint density at radius 2 is 1.94 bits per heavy atom. The Labute approximate surface area is 192 Å². The fourth-order valence-electron chi connectivity index (χ4n) is 2.73. The molecule has 17 nitrogen and oxygen atoms in total. The minimum absolute atomic E-state index is 0.0328. The Kier molecular flexibility index (Phi) is 7.24. The second kappa shape index (κ2) is 8.95. The van der Waals surface area contributed by atoms with Gasteiger partial charge in [-0.3, -0.25) is 28.0 Å². The van der Waals surface area contributed by atoms with E-state index in [4.69, 9.17) is 43.5 Å². The number of fused-ring (bicyclic) bond motifs is 1. The minimum Gasteiger partial charge on any atom is -0.390 e. The maximum atomic E-state index is 12.0. The zero-order valence-electron chi connectivity index (χ0n) is 15.8. The van der Waals surface area contributed by atoms with Crippen LogP contribution in [0.25, 0.3) is 11.2 Å². The molecule has 0 aliphatic carbocycles. The number of aromatic nitrogens is 4. The number of rotatable bonds is 8. The minimum atomic E-state index is -5.84. The van der Waals surface area contributed by atoms with Crippen LogP contribution in [0.1, 0.15) is 12.6 Å². The van der Waals surface area contributed by atoms with Crippen molar-refractivity contribution in [2.45, 2.75) is 28.7 Å². The van der Waals surface area contributed by atoms with Crippen LogP contribution >= 0.6 is 46.2 Å². The molecule has 2 unspecified atom stereocenters. The molecule has 0 saturated carbocycles. The quantitative estimate of drug-likeness (QED) is 0.161. The molecule has 1 fully saturated rings. The summed E-state index contributed by atoms with van der Waals surface area (Å²) in [6, 6.07) is 0. The zero-order valence-corrected chi connectivity index (χ0v) is 20.0. The number of ether oxygens (including phenoxy) is 1. The highest BCUT2D eigenvalue weighted by atomic mass is 35.5. The SMILES string of the molecule is Nc1nc2c(ncn2[C@H]2C[C@H](O)[C@@H](COP(=O)(O)OP(=O)(O)C(Cl)(Cl)P(=O)(O)O)O2)c(=O)[nH]1. The molecule has 2 aromatic rings. The van der Waals surface area contributed by atoms with E-state index in [1.165, 1.54) is 10.9 Å². The van der Waals surface area contributed by atoms with E-state index in [9.17, 15) is 33.4 Å². The highest BCUT2D eigenvalue weighted by molar-refractivity contribution is 7.81. The van der Waals surface area contributed by atoms with Gasteiger partial charge < -0.3 is 35.2 Å². The van der Waals surface area contributed by atoms with E-state index >= 15 is 0 Å². The topological polar surface area (TPSA) is 270 Å². The number of H-pyrrole nitrogens is 1. The summed E-state index contributed by atoms with van der Waals surface area (Å²) in [6.07, 6.45) is -2.50. The molecule has 0 amide bonds. The zero-order chi connectivity index (χ0) is 25.0. The van der Waals surface area contributed by atoms with Gasteiger partial charge in [-0.2, -0.15) is 4.98 Å². The molecule has 22 heteroatoms. The summed E-state index contributed by atoms with van der Waals surface area (Å²) in [4.78, 5) is 59.2. The van der Waals surface area contributed by atoms with Crippen molar-refractivity contribution in [2.24, 2.45) is 0 Å². The first-order chi connectivity index (χ1) is 15.0. The van der Waals surface area contributed by atoms with Crippen molar-refractivity contribution in [1.82, 2.24) is 19.5 Å². The number of aliphatic hydroxyl groups is 1. The lowest BCUT2D eigenvalue weighted by Gasteiger charge is -2.26. The number of nitrogens with one attached hydrogen (secondary N) is 1. The summed E-state index contributed by atoms with van der Waals surface area (Å²) in [5, 5.41) is 10.2. The largest absolute Gasteiger partial charge is 0.479 e. The van der Waals surface area contributed by atoms with Crippen molar-refractivity contribution in [2.75, 3.05) is 12.3 Å². The molecule has 3 rings (SSSR count). The first-order valence-electron chi connectivity index (χ1n) is 8.46. The Morgan fingerprint density at radius 1 is 1.30 bits per heavy atom. The van der Waals surface area contributed by atoms with Crippen molar-refractivity contribution >= 4 is 63.3 Å². The summed E-state index contributed by atoms with van der Waals surface area (Å²) in [5.74, 6) is -0.204. The lowest BCUT2D eigenvalue weighted by Crippen LogP contribution is -2.26. The van der Waals surface area contributed by atoms with Gasteiger partial charge in [-0.15, -0.1) is 0 Å². The van der Waals surface area contributed by atoms with E-state index in [1.54, 1.807) is 0 Å². The summed E-state index contributed by atoms with van der Waals surface area (Å²) in [7, 11) is -17.0. The predicted molar refractivity (Wildman–Crippen MR) is 110 cm³/mol. The third kappa shape index (κ3) is 5.36. The van der Waals surface area contributed by atoms with Crippen molar-refractivity contribution in [1.29, 1.82) is 0 Å². The van der Waals surface area contributed by atoms with E-state index in [2.05, 4.69) is 23.8 Å². The molecule has 2 aromatic heterocycles. The number of halogens is 2. The van der Waals surface area contributed by atoms with Crippen LogP contribution in [0.15, 0.2) is 11.1 Å². The molecule has 0 radical (unpaired) electrons. The lowest BCUT2D eigenvalue weighted by atomic mass is 10.2. The first-order valence-corrected chi connectivity index (χ1v) is 13.9. The maximum absolute atomic E-state index is 12.0. The molecule has 0 bridgehead atoms.